The highest BCUT2D eigenvalue weighted by atomic mass is 32.1. The number of esters is 1. The van der Waals surface area contributed by atoms with E-state index >= 15 is 0 Å². The number of ether oxygens (including phenoxy) is 1. The summed E-state index contributed by atoms with van der Waals surface area (Å²) in [5, 5.41) is 0.815. The van der Waals surface area contributed by atoms with Crippen LogP contribution in [0.4, 0.5) is 4.39 Å². The predicted octanol–water partition coefficient (Wildman–Crippen LogP) is 4.52. The minimum atomic E-state index is -0.299. The lowest BCUT2D eigenvalue weighted by Crippen LogP contribution is -2.11. The summed E-state index contributed by atoms with van der Waals surface area (Å²) in [4.78, 5) is 17.4. The molecule has 1 aromatic carbocycles. The lowest BCUT2D eigenvalue weighted by molar-refractivity contribution is -0.150. The van der Waals surface area contributed by atoms with Crippen LogP contribution in [-0.4, -0.2) is 11.0 Å². The maximum atomic E-state index is 13.0. The van der Waals surface area contributed by atoms with E-state index in [0.717, 1.165) is 27.6 Å². The number of carbonyl (C=O) groups is 1. The topological polar surface area (TPSA) is 39.2 Å². The molecule has 1 heterocycles. The fourth-order valence-corrected chi connectivity index (χ4v) is 3.52. The van der Waals surface area contributed by atoms with Crippen LogP contribution in [0.5, 0.6) is 0 Å². The quantitative estimate of drug-likeness (QED) is 0.778. The van der Waals surface area contributed by atoms with Crippen LogP contribution in [0.25, 0.3) is 10.6 Å². The van der Waals surface area contributed by atoms with Gasteiger partial charge in [-0.1, -0.05) is 6.92 Å². The van der Waals surface area contributed by atoms with Crippen molar-refractivity contribution >= 4 is 17.3 Å². The van der Waals surface area contributed by atoms with E-state index in [4.69, 9.17) is 4.74 Å². The molecule has 0 radical (unpaired) electrons. The molecule has 1 aromatic heterocycles. The number of carbonyl (C=O) groups excluding carboxylic acids is 1. The van der Waals surface area contributed by atoms with Gasteiger partial charge < -0.3 is 4.74 Å². The van der Waals surface area contributed by atoms with Crippen molar-refractivity contribution in [1.82, 2.24) is 4.98 Å². The number of thiazole rings is 1. The highest BCUT2D eigenvalue weighted by Crippen LogP contribution is 2.40. The van der Waals surface area contributed by atoms with Gasteiger partial charge in [-0.25, -0.2) is 9.37 Å². The van der Waals surface area contributed by atoms with Gasteiger partial charge in [0.15, 0.2) is 0 Å². The van der Waals surface area contributed by atoms with Crippen molar-refractivity contribution in [3.63, 3.8) is 0 Å². The lowest BCUT2D eigenvalue weighted by atomic mass is 10.2. The van der Waals surface area contributed by atoms with Crippen molar-refractivity contribution in [3.8, 4) is 10.6 Å². The normalized spacial score (nSPS) is 21.5. The molecule has 2 aromatic rings. The highest BCUT2D eigenvalue weighted by molar-refractivity contribution is 7.15. The summed E-state index contributed by atoms with van der Waals surface area (Å²) in [5.74, 6) is 0.124. The number of aromatic nitrogens is 1. The van der Waals surface area contributed by atoms with Crippen LogP contribution in [0.1, 0.15) is 36.9 Å². The van der Waals surface area contributed by atoms with Crippen molar-refractivity contribution in [1.29, 1.82) is 0 Å². The molecule has 1 aliphatic carbocycles. The molecule has 3 atom stereocenters. The van der Waals surface area contributed by atoms with Gasteiger partial charge in [-0.15, -0.1) is 11.3 Å². The first-order valence-electron chi connectivity index (χ1n) is 7.39. The number of benzene rings is 1. The molecule has 0 amide bonds. The van der Waals surface area contributed by atoms with Gasteiger partial charge in [0, 0.05) is 5.56 Å². The summed E-state index contributed by atoms with van der Waals surface area (Å²) in [7, 11) is 0. The van der Waals surface area contributed by atoms with Gasteiger partial charge in [0.2, 0.25) is 0 Å². The first-order valence-corrected chi connectivity index (χ1v) is 8.21. The summed E-state index contributed by atoms with van der Waals surface area (Å²) in [6, 6.07) is 6.26. The number of halogens is 1. The monoisotopic (exact) mass is 319 g/mol. The Morgan fingerprint density at radius 2 is 2.05 bits per heavy atom. The molecule has 1 fully saturated rings. The second-order valence-electron chi connectivity index (χ2n) is 5.87. The lowest BCUT2D eigenvalue weighted by Gasteiger charge is -2.11. The highest BCUT2D eigenvalue weighted by Gasteiger charge is 2.41. The molecule has 3 unspecified atom stereocenters. The molecule has 0 bridgehead atoms. The van der Waals surface area contributed by atoms with Crippen LogP contribution >= 0.6 is 11.3 Å². The van der Waals surface area contributed by atoms with Gasteiger partial charge in [-0.3, -0.25) is 4.79 Å². The second-order valence-corrected chi connectivity index (χ2v) is 6.90. The Labute approximate surface area is 133 Å². The van der Waals surface area contributed by atoms with Crippen molar-refractivity contribution in [3.05, 3.63) is 40.7 Å². The first-order chi connectivity index (χ1) is 10.5. The minimum absolute atomic E-state index is 0.0623. The summed E-state index contributed by atoms with van der Waals surface area (Å²) >= 11 is 1.49. The Hall–Kier alpha value is -1.75. The van der Waals surface area contributed by atoms with E-state index in [9.17, 15) is 9.18 Å². The van der Waals surface area contributed by atoms with Gasteiger partial charge in [0.1, 0.15) is 16.9 Å². The standard InChI is InChI=1S/C17H18FNO2S/c1-9-8-14(9)17(20)21-11(3)15-10(2)19-16(22-15)12-4-6-13(18)7-5-12/h4-7,9,11,14H,8H2,1-3H3. The summed E-state index contributed by atoms with van der Waals surface area (Å²) < 4.78 is 18.5. The molecule has 0 saturated heterocycles. The average Bonchev–Trinajstić information content (AvgIpc) is 3.08. The van der Waals surface area contributed by atoms with E-state index in [2.05, 4.69) is 11.9 Å². The van der Waals surface area contributed by atoms with Crippen LogP contribution in [0, 0.1) is 24.6 Å². The third-order valence-corrected chi connectivity index (χ3v) is 5.37. The molecule has 0 spiro atoms. The zero-order valence-electron chi connectivity index (χ0n) is 12.8. The van der Waals surface area contributed by atoms with Gasteiger partial charge in [0.25, 0.3) is 0 Å². The maximum absolute atomic E-state index is 13.0. The predicted molar refractivity (Wildman–Crippen MR) is 84.0 cm³/mol. The average molecular weight is 319 g/mol. The molecule has 3 rings (SSSR count). The molecule has 5 heteroatoms. The molecule has 1 saturated carbocycles. The Morgan fingerprint density at radius 1 is 1.41 bits per heavy atom. The number of aryl methyl sites for hydroxylation is 1. The maximum Gasteiger partial charge on any atom is 0.309 e. The van der Waals surface area contributed by atoms with E-state index in [1.54, 1.807) is 12.1 Å². The van der Waals surface area contributed by atoms with Crippen molar-refractivity contribution in [2.75, 3.05) is 0 Å². The van der Waals surface area contributed by atoms with Crippen LogP contribution in [-0.2, 0) is 9.53 Å². The fraction of sp³-hybridized carbons (Fsp3) is 0.412. The minimum Gasteiger partial charge on any atom is -0.457 e. The SMILES string of the molecule is Cc1nc(-c2ccc(F)cc2)sc1C(C)OC(=O)C1CC1C. The Balaban J connectivity index is 1.76. The van der Waals surface area contributed by atoms with Gasteiger partial charge in [0.05, 0.1) is 16.5 Å². The molecule has 0 N–H and O–H groups in total. The van der Waals surface area contributed by atoms with E-state index in [-0.39, 0.29) is 23.8 Å². The zero-order valence-corrected chi connectivity index (χ0v) is 13.6. The molecule has 22 heavy (non-hydrogen) atoms. The zero-order chi connectivity index (χ0) is 15.9. The number of hydrogen-bond donors (Lipinski definition) is 0. The van der Waals surface area contributed by atoms with Crippen LogP contribution in [0.15, 0.2) is 24.3 Å². The Morgan fingerprint density at radius 3 is 2.64 bits per heavy atom. The van der Waals surface area contributed by atoms with Crippen molar-refractivity contribution in [2.45, 2.75) is 33.3 Å². The second kappa shape index (κ2) is 5.80. The molecule has 0 aliphatic heterocycles. The number of nitrogens with zero attached hydrogens (tertiary/aromatic N) is 1. The fourth-order valence-electron chi connectivity index (χ4n) is 2.47. The largest absolute Gasteiger partial charge is 0.457 e. The third-order valence-electron chi connectivity index (χ3n) is 4.00. The molecule has 1 aliphatic rings. The first kappa shape index (κ1) is 15.2. The van der Waals surface area contributed by atoms with E-state index in [1.165, 1.54) is 23.5 Å². The third kappa shape index (κ3) is 3.04. The summed E-state index contributed by atoms with van der Waals surface area (Å²) in [6.45, 7) is 5.84. The van der Waals surface area contributed by atoms with Crippen LogP contribution in [0.2, 0.25) is 0 Å². The van der Waals surface area contributed by atoms with E-state index in [1.807, 2.05) is 13.8 Å². The smallest absolute Gasteiger partial charge is 0.309 e. The van der Waals surface area contributed by atoms with Crippen LogP contribution < -0.4 is 0 Å². The summed E-state index contributed by atoms with van der Waals surface area (Å²) in [6.07, 6.45) is 0.626. The number of hydrogen-bond acceptors (Lipinski definition) is 4. The van der Waals surface area contributed by atoms with Crippen LogP contribution in [0.3, 0.4) is 0 Å². The Bertz CT molecular complexity index is 695. The molecule has 3 nitrogen and oxygen atoms in total. The van der Waals surface area contributed by atoms with Crippen molar-refractivity contribution in [2.24, 2.45) is 11.8 Å². The molecular weight excluding hydrogens is 301 g/mol. The van der Waals surface area contributed by atoms with E-state index in [0.29, 0.717) is 5.92 Å². The molecular formula is C17H18FNO2S. The number of rotatable bonds is 4. The molecule has 116 valence electrons. The van der Waals surface area contributed by atoms with Crippen molar-refractivity contribution < 1.29 is 13.9 Å². The summed E-state index contributed by atoms with van der Waals surface area (Å²) in [5.41, 5.74) is 1.73. The van der Waals surface area contributed by atoms with E-state index < -0.39 is 0 Å². The van der Waals surface area contributed by atoms with Gasteiger partial charge >= 0.3 is 5.97 Å². The van der Waals surface area contributed by atoms with Gasteiger partial charge in [-0.2, -0.15) is 0 Å². The van der Waals surface area contributed by atoms with Gasteiger partial charge in [-0.05, 0) is 50.5 Å². The Kier molecular flexibility index (Phi) is 4.00.